The van der Waals surface area contributed by atoms with Gasteiger partial charge in [0.15, 0.2) is 0 Å². The van der Waals surface area contributed by atoms with Crippen molar-refractivity contribution in [1.29, 1.82) is 0 Å². The number of likely N-dealkylation sites (tertiary alicyclic amines) is 1. The molecule has 3 rings (SSSR count). The Morgan fingerprint density at radius 3 is 2.71 bits per heavy atom. The summed E-state index contributed by atoms with van der Waals surface area (Å²) in [6, 6.07) is 3.93. The Bertz CT molecular complexity index is 624. The Kier molecular flexibility index (Phi) is 4.53. The molecular weight excluding hydrogens is 326 g/mol. The molecule has 0 bridgehead atoms. The van der Waals surface area contributed by atoms with Crippen LogP contribution in [0.1, 0.15) is 50.9 Å². The molecule has 0 radical (unpaired) electrons. The van der Waals surface area contributed by atoms with Crippen LogP contribution in [0.3, 0.4) is 0 Å². The lowest BCUT2D eigenvalue weighted by Gasteiger charge is -2.42. The standard InChI is InChI=1S/C17H25N3O3S/c1-16(2,3)24(23)19-14-12-5-4-8-18-13(12)11-17(14)6-9-20(10-7-17)15(21)22/h4-5,8,14,19H,6-7,9-11H2,1-3H3,(H,21,22)/t14-,24+/m0/s1. The Labute approximate surface area is 146 Å². The first kappa shape index (κ1) is 17.5. The summed E-state index contributed by atoms with van der Waals surface area (Å²) in [6.45, 7) is 6.89. The topological polar surface area (TPSA) is 88.5 Å². The Balaban J connectivity index is 1.87. The van der Waals surface area contributed by atoms with E-state index in [4.69, 9.17) is 0 Å². The van der Waals surface area contributed by atoms with Crippen LogP contribution in [0.25, 0.3) is 0 Å². The second-order valence-electron chi connectivity index (χ2n) is 7.78. The van der Waals surface area contributed by atoms with Gasteiger partial charge in [-0.05, 0) is 51.7 Å². The van der Waals surface area contributed by atoms with Crippen LogP contribution in [0, 0.1) is 5.41 Å². The first-order valence-corrected chi connectivity index (χ1v) is 9.48. The zero-order valence-electron chi connectivity index (χ0n) is 14.4. The van der Waals surface area contributed by atoms with Crippen LogP contribution in [0.4, 0.5) is 4.79 Å². The van der Waals surface area contributed by atoms with Gasteiger partial charge in [0.1, 0.15) is 4.75 Å². The van der Waals surface area contributed by atoms with Crippen molar-refractivity contribution in [3.63, 3.8) is 0 Å². The van der Waals surface area contributed by atoms with Gasteiger partial charge in [-0.1, -0.05) is 6.07 Å². The molecule has 7 heteroatoms. The molecule has 1 aliphatic carbocycles. The van der Waals surface area contributed by atoms with Crippen molar-refractivity contribution >= 4 is 17.5 Å². The third-order valence-corrected chi connectivity index (χ3v) is 6.74. The summed E-state index contributed by atoms with van der Waals surface area (Å²) in [6.07, 6.45) is 3.27. The molecule has 1 aliphatic heterocycles. The van der Waals surface area contributed by atoms with Gasteiger partial charge in [0.2, 0.25) is 0 Å². The van der Waals surface area contributed by atoms with Crippen molar-refractivity contribution in [3.8, 4) is 0 Å². The molecule has 1 spiro atoms. The molecule has 1 aromatic heterocycles. The number of fused-ring (bicyclic) bond motifs is 1. The highest BCUT2D eigenvalue weighted by atomic mass is 32.2. The van der Waals surface area contributed by atoms with Gasteiger partial charge in [-0.25, -0.2) is 4.79 Å². The van der Waals surface area contributed by atoms with Gasteiger partial charge >= 0.3 is 6.09 Å². The lowest BCUT2D eigenvalue weighted by Crippen LogP contribution is -2.50. The lowest BCUT2D eigenvalue weighted by molar-refractivity contribution is 0.0762. The summed E-state index contributed by atoms with van der Waals surface area (Å²) in [5.41, 5.74) is 2.05. The molecule has 0 aromatic carbocycles. The second kappa shape index (κ2) is 6.20. The predicted octanol–water partition coefficient (Wildman–Crippen LogP) is 2.49. The fourth-order valence-corrected chi connectivity index (χ4v) is 4.65. The second-order valence-corrected chi connectivity index (χ2v) is 9.78. The number of hydrogen-bond donors (Lipinski definition) is 2. The Morgan fingerprint density at radius 2 is 2.12 bits per heavy atom. The monoisotopic (exact) mass is 351 g/mol. The molecule has 0 saturated carbocycles. The first-order valence-electron chi connectivity index (χ1n) is 8.33. The number of nitrogens with one attached hydrogen (secondary N) is 1. The number of carboxylic acid groups (broad SMARTS) is 1. The smallest absolute Gasteiger partial charge is 0.407 e. The van der Waals surface area contributed by atoms with Crippen molar-refractivity contribution in [1.82, 2.24) is 14.6 Å². The van der Waals surface area contributed by atoms with Crippen LogP contribution < -0.4 is 4.72 Å². The Morgan fingerprint density at radius 1 is 1.46 bits per heavy atom. The quantitative estimate of drug-likeness (QED) is 0.799. The van der Waals surface area contributed by atoms with E-state index < -0.39 is 17.5 Å². The van der Waals surface area contributed by atoms with Crippen molar-refractivity contribution in [2.45, 2.75) is 50.8 Å². The van der Waals surface area contributed by atoms with Gasteiger partial charge in [-0.2, -0.15) is 0 Å². The van der Waals surface area contributed by atoms with E-state index in [0.29, 0.717) is 13.1 Å². The largest absolute Gasteiger partial charge is 0.598 e. The van der Waals surface area contributed by atoms with Crippen LogP contribution in [-0.2, 0) is 17.8 Å². The molecule has 1 fully saturated rings. The average molecular weight is 351 g/mol. The SMILES string of the molecule is CC(C)(C)[S@@+]([O-])N[C@H]1c2cccnc2CC12CCN(C(=O)O)CC2. The van der Waals surface area contributed by atoms with Crippen LogP contribution in [0.2, 0.25) is 0 Å². The summed E-state index contributed by atoms with van der Waals surface area (Å²) in [4.78, 5) is 17.2. The number of carbonyl (C=O) groups is 1. The van der Waals surface area contributed by atoms with Crippen molar-refractivity contribution in [2.24, 2.45) is 5.41 Å². The summed E-state index contributed by atoms with van der Waals surface area (Å²) in [7, 11) is 0. The van der Waals surface area contributed by atoms with Crippen molar-refractivity contribution < 1.29 is 14.5 Å². The van der Waals surface area contributed by atoms with Gasteiger partial charge in [0.05, 0.1) is 6.04 Å². The molecule has 24 heavy (non-hydrogen) atoms. The summed E-state index contributed by atoms with van der Waals surface area (Å²) in [5.74, 6) is 0. The molecule has 2 N–H and O–H groups in total. The number of nitrogens with zero attached hydrogens (tertiary/aromatic N) is 2. The summed E-state index contributed by atoms with van der Waals surface area (Å²) >= 11 is -1.19. The molecule has 1 saturated heterocycles. The number of piperidine rings is 1. The Hall–Kier alpha value is -1.31. The van der Waals surface area contributed by atoms with E-state index >= 15 is 0 Å². The third kappa shape index (κ3) is 3.12. The zero-order chi connectivity index (χ0) is 17.5. The number of pyridine rings is 1. The average Bonchev–Trinajstić information content (AvgIpc) is 2.80. The number of hydrogen-bond acceptors (Lipinski definition) is 4. The van der Waals surface area contributed by atoms with Gasteiger partial charge < -0.3 is 14.6 Å². The van der Waals surface area contributed by atoms with E-state index in [1.165, 1.54) is 4.90 Å². The zero-order valence-corrected chi connectivity index (χ0v) is 15.2. The minimum Gasteiger partial charge on any atom is -0.598 e. The molecule has 1 aromatic rings. The lowest BCUT2D eigenvalue weighted by atomic mass is 9.73. The normalized spacial score (nSPS) is 24.0. The minimum atomic E-state index is -1.19. The van der Waals surface area contributed by atoms with Gasteiger partial charge in [0.25, 0.3) is 0 Å². The van der Waals surface area contributed by atoms with Crippen LogP contribution in [0.15, 0.2) is 18.3 Å². The van der Waals surface area contributed by atoms with E-state index in [9.17, 15) is 14.5 Å². The van der Waals surface area contributed by atoms with Gasteiger partial charge in [-0.3, -0.25) is 4.98 Å². The molecule has 6 nitrogen and oxygen atoms in total. The fraction of sp³-hybridized carbons (Fsp3) is 0.647. The minimum absolute atomic E-state index is 0.0443. The number of rotatable bonds is 2. The summed E-state index contributed by atoms with van der Waals surface area (Å²) in [5, 5.41) is 9.21. The molecule has 2 heterocycles. The van der Waals surface area contributed by atoms with E-state index in [0.717, 1.165) is 30.5 Å². The molecular formula is C17H25N3O3S. The maximum absolute atomic E-state index is 12.7. The first-order chi connectivity index (χ1) is 11.2. The maximum Gasteiger partial charge on any atom is 0.407 e. The molecule has 2 aliphatic rings. The number of amides is 1. The van der Waals surface area contributed by atoms with Crippen LogP contribution >= 0.6 is 0 Å². The van der Waals surface area contributed by atoms with Crippen LogP contribution in [0.5, 0.6) is 0 Å². The van der Waals surface area contributed by atoms with Gasteiger partial charge in [-0.15, -0.1) is 4.72 Å². The molecule has 1 amide bonds. The molecule has 2 atom stereocenters. The highest BCUT2D eigenvalue weighted by Crippen LogP contribution is 2.52. The third-order valence-electron chi connectivity index (χ3n) is 5.18. The van der Waals surface area contributed by atoms with E-state index in [1.54, 1.807) is 6.20 Å². The fourth-order valence-electron chi connectivity index (χ4n) is 3.71. The van der Waals surface area contributed by atoms with Gasteiger partial charge in [0, 0.05) is 41.8 Å². The van der Waals surface area contributed by atoms with E-state index in [1.807, 2.05) is 26.8 Å². The highest BCUT2D eigenvalue weighted by Gasteiger charge is 2.51. The molecule has 132 valence electrons. The maximum atomic E-state index is 12.7. The van der Waals surface area contributed by atoms with E-state index in [2.05, 4.69) is 15.8 Å². The highest BCUT2D eigenvalue weighted by molar-refractivity contribution is 7.90. The van der Waals surface area contributed by atoms with E-state index in [-0.39, 0.29) is 16.2 Å². The summed E-state index contributed by atoms with van der Waals surface area (Å²) < 4.78 is 15.7. The molecule has 0 unspecified atom stereocenters. The van der Waals surface area contributed by atoms with Crippen LogP contribution in [-0.4, -0.2) is 43.5 Å². The van der Waals surface area contributed by atoms with Crippen molar-refractivity contribution in [3.05, 3.63) is 29.6 Å². The predicted molar refractivity (Wildman–Crippen MR) is 93.0 cm³/mol. The van der Waals surface area contributed by atoms with Crippen molar-refractivity contribution in [2.75, 3.05) is 13.1 Å². The number of aromatic nitrogens is 1.